The van der Waals surface area contributed by atoms with Gasteiger partial charge >= 0.3 is 0 Å². The van der Waals surface area contributed by atoms with E-state index in [1.165, 1.54) is 18.4 Å². The van der Waals surface area contributed by atoms with Gasteiger partial charge in [0.05, 0.1) is 29.3 Å². The summed E-state index contributed by atoms with van der Waals surface area (Å²) in [6, 6.07) is 8.88. The van der Waals surface area contributed by atoms with Gasteiger partial charge in [-0.2, -0.15) is 0 Å². The molecule has 2 aromatic rings. The standard InChI is InChI=1S/C31H40F2N4O4S/c32-31(33)11-15-37(16-12-31)27-21-24(19-22-3-1-2-4-25(22)27)34-29(39)26-6-5-23(35-42(40,41)18-17-38)20-28(26)36-13-9-30(7-8-30)10-14-36/h5-6,19-21,35,38H,1-4,7-18H2,(H,34,39). The van der Waals surface area contributed by atoms with E-state index in [0.717, 1.165) is 62.9 Å². The van der Waals surface area contributed by atoms with E-state index in [2.05, 4.69) is 14.9 Å². The Morgan fingerprint density at radius 2 is 1.50 bits per heavy atom. The minimum Gasteiger partial charge on any atom is -0.395 e. The van der Waals surface area contributed by atoms with Crippen LogP contribution in [-0.4, -0.2) is 63.9 Å². The Kier molecular flexibility index (Phi) is 7.84. The van der Waals surface area contributed by atoms with Crippen LogP contribution in [0.5, 0.6) is 0 Å². The van der Waals surface area contributed by atoms with Crippen LogP contribution in [-0.2, 0) is 22.9 Å². The molecule has 6 rings (SSSR count). The lowest BCUT2D eigenvalue weighted by molar-refractivity contribution is -0.0220. The summed E-state index contributed by atoms with van der Waals surface area (Å²) in [5.74, 6) is -3.34. The number of fused-ring (bicyclic) bond motifs is 1. The van der Waals surface area contributed by atoms with Gasteiger partial charge in [-0.1, -0.05) is 0 Å². The number of carbonyl (C=O) groups is 1. The third-order valence-corrected chi connectivity index (χ3v) is 10.8. The number of piperidine rings is 2. The minimum atomic E-state index is -3.72. The smallest absolute Gasteiger partial charge is 0.257 e. The van der Waals surface area contributed by atoms with Gasteiger partial charge in [0.25, 0.3) is 11.8 Å². The Labute approximate surface area is 246 Å². The lowest BCUT2D eigenvalue weighted by Crippen LogP contribution is -2.40. The molecule has 4 aliphatic rings. The molecule has 0 radical (unpaired) electrons. The van der Waals surface area contributed by atoms with Gasteiger partial charge in [-0.25, -0.2) is 17.2 Å². The summed E-state index contributed by atoms with van der Waals surface area (Å²) >= 11 is 0. The zero-order valence-electron chi connectivity index (χ0n) is 23.9. The summed E-state index contributed by atoms with van der Waals surface area (Å²) in [7, 11) is -3.72. The largest absolute Gasteiger partial charge is 0.395 e. The molecule has 3 fully saturated rings. The van der Waals surface area contributed by atoms with Gasteiger partial charge in [0.1, 0.15) is 0 Å². The number of rotatable bonds is 8. The lowest BCUT2D eigenvalue weighted by Gasteiger charge is -2.36. The Morgan fingerprint density at radius 3 is 2.19 bits per heavy atom. The second-order valence-electron chi connectivity index (χ2n) is 12.5. The van der Waals surface area contributed by atoms with Crippen LogP contribution < -0.4 is 19.8 Å². The van der Waals surface area contributed by atoms with Crippen molar-refractivity contribution in [3.63, 3.8) is 0 Å². The van der Waals surface area contributed by atoms with Crippen molar-refractivity contribution in [3.05, 3.63) is 47.0 Å². The Balaban J connectivity index is 1.29. The first kappa shape index (κ1) is 29.2. The van der Waals surface area contributed by atoms with Crippen LogP contribution in [0.15, 0.2) is 30.3 Å². The topological polar surface area (TPSA) is 102 Å². The zero-order valence-corrected chi connectivity index (χ0v) is 24.7. The summed E-state index contributed by atoms with van der Waals surface area (Å²) in [5.41, 5.74) is 5.84. The Hall–Kier alpha value is -2.92. The number of alkyl halides is 2. The maximum Gasteiger partial charge on any atom is 0.257 e. The zero-order chi connectivity index (χ0) is 29.5. The Bertz CT molecular complexity index is 1440. The predicted molar refractivity (Wildman–Crippen MR) is 161 cm³/mol. The monoisotopic (exact) mass is 602 g/mol. The number of aliphatic hydroxyl groups excluding tert-OH is 1. The van der Waals surface area contributed by atoms with Gasteiger partial charge in [0.2, 0.25) is 10.0 Å². The summed E-state index contributed by atoms with van der Waals surface area (Å²) < 4.78 is 55.1. The highest BCUT2D eigenvalue weighted by Gasteiger charge is 2.44. The molecule has 8 nitrogen and oxygen atoms in total. The van der Waals surface area contributed by atoms with Crippen molar-refractivity contribution in [3.8, 4) is 0 Å². The fourth-order valence-electron chi connectivity index (χ4n) is 6.77. The Morgan fingerprint density at radius 1 is 0.857 bits per heavy atom. The van der Waals surface area contributed by atoms with Gasteiger partial charge < -0.3 is 20.2 Å². The molecule has 2 heterocycles. The average molecular weight is 603 g/mol. The van der Waals surface area contributed by atoms with E-state index >= 15 is 0 Å². The van der Waals surface area contributed by atoms with E-state index < -0.39 is 28.3 Å². The number of amides is 1. The molecule has 1 amide bonds. The molecule has 0 atom stereocenters. The summed E-state index contributed by atoms with van der Waals surface area (Å²) in [6.45, 7) is 1.65. The SMILES string of the molecule is O=C(Nc1cc2c(c(N3CCC(F)(F)CC3)c1)CCCC2)c1ccc(NS(=O)(=O)CCO)cc1N1CCC2(CC1)CC2. The van der Waals surface area contributed by atoms with Gasteiger partial charge in [-0.15, -0.1) is 0 Å². The normalized spacial score (nSPS) is 21.1. The lowest BCUT2D eigenvalue weighted by atomic mass is 9.89. The maximum atomic E-state index is 13.9. The number of aryl methyl sites for hydroxylation is 1. The van der Waals surface area contributed by atoms with Crippen LogP contribution in [0, 0.1) is 5.41 Å². The molecule has 0 bridgehead atoms. The number of sulfonamides is 1. The quantitative estimate of drug-likeness (QED) is 0.386. The molecule has 2 aliphatic carbocycles. The highest BCUT2D eigenvalue weighted by molar-refractivity contribution is 7.92. The molecule has 0 aromatic heterocycles. The van der Waals surface area contributed by atoms with Gasteiger partial charge in [-0.05, 0) is 98.2 Å². The van der Waals surface area contributed by atoms with Gasteiger partial charge in [0, 0.05) is 50.4 Å². The number of halogens is 2. The molecule has 2 aliphatic heterocycles. The molecule has 228 valence electrons. The molecule has 2 aromatic carbocycles. The first-order chi connectivity index (χ1) is 20.1. The van der Waals surface area contributed by atoms with Crippen molar-refractivity contribution in [2.45, 2.75) is 70.1 Å². The number of anilines is 4. The molecular weight excluding hydrogens is 562 g/mol. The molecule has 2 saturated heterocycles. The second-order valence-corrected chi connectivity index (χ2v) is 14.3. The highest BCUT2D eigenvalue weighted by Crippen LogP contribution is 2.54. The average Bonchev–Trinajstić information content (AvgIpc) is 3.71. The number of nitrogens with zero attached hydrogens (tertiary/aromatic N) is 2. The molecular formula is C31H40F2N4O4S. The number of hydrogen-bond acceptors (Lipinski definition) is 6. The first-order valence-electron chi connectivity index (χ1n) is 15.2. The highest BCUT2D eigenvalue weighted by atomic mass is 32.2. The second kappa shape index (κ2) is 11.3. The van der Waals surface area contributed by atoms with Crippen LogP contribution in [0.1, 0.15) is 72.9 Å². The fraction of sp³-hybridized carbons (Fsp3) is 0.581. The van der Waals surface area contributed by atoms with Crippen LogP contribution in [0.3, 0.4) is 0 Å². The molecule has 1 saturated carbocycles. The first-order valence-corrected chi connectivity index (χ1v) is 16.8. The van der Waals surface area contributed by atoms with Crippen molar-refractivity contribution in [1.29, 1.82) is 0 Å². The predicted octanol–water partition coefficient (Wildman–Crippen LogP) is 5.17. The number of hydrogen-bond donors (Lipinski definition) is 3. The van der Waals surface area contributed by atoms with Crippen molar-refractivity contribution >= 4 is 38.7 Å². The maximum absolute atomic E-state index is 13.9. The van der Waals surface area contributed by atoms with Crippen molar-refractivity contribution in [1.82, 2.24) is 0 Å². The van der Waals surface area contributed by atoms with E-state index in [-0.39, 0.29) is 31.8 Å². The summed E-state index contributed by atoms with van der Waals surface area (Å²) in [6.07, 6.45) is 8.12. The van der Waals surface area contributed by atoms with E-state index in [0.29, 0.717) is 28.0 Å². The van der Waals surface area contributed by atoms with Crippen molar-refractivity contribution in [2.75, 3.05) is 58.4 Å². The minimum absolute atomic E-state index is 0.173. The molecule has 1 spiro atoms. The fourth-order valence-corrected chi connectivity index (χ4v) is 7.60. The van der Waals surface area contributed by atoms with Gasteiger partial charge in [-0.3, -0.25) is 9.52 Å². The van der Waals surface area contributed by atoms with Crippen LogP contribution in [0.2, 0.25) is 0 Å². The number of carbonyl (C=O) groups excluding carboxylic acids is 1. The van der Waals surface area contributed by atoms with E-state index in [9.17, 15) is 22.0 Å². The molecule has 3 N–H and O–H groups in total. The van der Waals surface area contributed by atoms with E-state index in [1.54, 1.807) is 18.2 Å². The molecule has 42 heavy (non-hydrogen) atoms. The van der Waals surface area contributed by atoms with Crippen LogP contribution in [0.4, 0.5) is 31.5 Å². The number of aliphatic hydroxyl groups is 1. The van der Waals surface area contributed by atoms with Crippen molar-refractivity contribution < 1.29 is 27.1 Å². The molecule has 0 unspecified atom stereocenters. The summed E-state index contributed by atoms with van der Waals surface area (Å²) in [5, 5.41) is 12.2. The van der Waals surface area contributed by atoms with E-state index in [1.807, 2.05) is 17.0 Å². The number of nitrogens with one attached hydrogen (secondary N) is 2. The van der Waals surface area contributed by atoms with Crippen LogP contribution in [0.25, 0.3) is 0 Å². The summed E-state index contributed by atoms with van der Waals surface area (Å²) in [4.78, 5) is 18.0. The van der Waals surface area contributed by atoms with E-state index in [4.69, 9.17) is 5.11 Å². The third kappa shape index (κ3) is 6.37. The van der Waals surface area contributed by atoms with Crippen LogP contribution >= 0.6 is 0 Å². The number of benzene rings is 2. The third-order valence-electron chi connectivity index (χ3n) is 9.53. The van der Waals surface area contributed by atoms with Gasteiger partial charge in [0.15, 0.2) is 0 Å². The van der Waals surface area contributed by atoms with Crippen molar-refractivity contribution in [2.24, 2.45) is 5.41 Å². The molecule has 11 heteroatoms.